The second kappa shape index (κ2) is 6.69. The predicted octanol–water partition coefficient (Wildman–Crippen LogP) is 2.07. The fourth-order valence-corrected chi connectivity index (χ4v) is 1.93. The van der Waals surface area contributed by atoms with Crippen molar-refractivity contribution in [1.29, 1.82) is 0 Å². The van der Waals surface area contributed by atoms with Gasteiger partial charge in [0.1, 0.15) is 11.4 Å². The summed E-state index contributed by atoms with van der Waals surface area (Å²) in [4.78, 5) is 20.1. The number of nitrogens with one attached hydrogen (secondary N) is 1. The van der Waals surface area contributed by atoms with Crippen molar-refractivity contribution in [3.63, 3.8) is 0 Å². The Morgan fingerprint density at radius 3 is 2.74 bits per heavy atom. The normalized spacial score (nSPS) is 10.3. The van der Waals surface area contributed by atoms with Gasteiger partial charge in [0.2, 0.25) is 11.7 Å². The molecule has 3 rings (SSSR count). The number of hydrogen-bond acceptors (Lipinski definition) is 6. The van der Waals surface area contributed by atoms with Crippen LogP contribution in [-0.2, 0) is 6.54 Å². The van der Waals surface area contributed by atoms with Gasteiger partial charge in [0.15, 0.2) is 0 Å². The van der Waals surface area contributed by atoms with Crippen LogP contribution in [0, 0.1) is 0 Å². The quantitative estimate of drug-likeness (QED) is 0.776. The van der Waals surface area contributed by atoms with Crippen molar-refractivity contribution in [3.05, 3.63) is 60.2 Å². The molecule has 0 saturated carbocycles. The maximum absolute atomic E-state index is 11.9. The van der Waals surface area contributed by atoms with Gasteiger partial charge in [-0.25, -0.2) is 0 Å². The van der Waals surface area contributed by atoms with Crippen LogP contribution < -0.4 is 10.1 Å². The van der Waals surface area contributed by atoms with E-state index in [0.717, 1.165) is 11.3 Å². The standard InChI is InChI=1S/C16H14N4O3/c1-22-12-7-5-11(6-8-12)15-19-14(23-20-15)10-18-16(21)13-4-2-3-9-17-13/h2-9H,10H2,1H3,(H,18,21). The third-order valence-corrected chi connectivity index (χ3v) is 3.11. The summed E-state index contributed by atoms with van der Waals surface area (Å²) < 4.78 is 10.2. The van der Waals surface area contributed by atoms with Gasteiger partial charge in [0, 0.05) is 11.8 Å². The van der Waals surface area contributed by atoms with Gasteiger partial charge in [-0.15, -0.1) is 0 Å². The highest BCUT2D eigenvalue weighted by molar-refractivity contribution is 5.92. The van der Waals surface area contributed by atoms with E-state index in [1.165, 1.54) is 0 Å². The molecule has 1 aromatic carbocycles. The minimum absolute atomic E-state index is 0.137. The van der Waals surface area contributed by atoms with E-state index in [0.29, 0.717) is 17.4 Å². The van der Waals surface area contributed by atoms with Crippen molar-refractivity contribution in [2.45, 2.75) is 6.54 Å². The van der Waals surface area contributed by atoms with Crippen molar-refractivity contribution < 1.29 is 14.1 Å². The van der Waals surface area contributed by atoms with E-state index >= 15 is 0 Å². The van der Waals surface area contributed by atoms with Crippen LogP contribution in [0.3, 0.4) is 0 Å². The summed E-state index contributed by atoms with van der Waals surface area (Å²) in [6, 6.07) is 12.4. The third kappa shape index (κ3) is 3.52. The molecule has 0 spiro atoms. The van der Waals surface area contributed by atoms with Crippen LogP contribution in [0.4, 0.5) is 0 Å². The maximum Gasteiger partial charge on any atom is 0.270 e. The zero-order valence-corrected chi connectivity index (χ0v) is 12.4. The van der Waals surface area contributed by atoms with E-state index in [-0.39, 0.29) is 12.5 Å². The molecule has 23 heavy (non-hydrogen) atoms. The minimum atomic E-state index is -0.296. The summed E-state index contributed by atoms with van der Waals surface area (Å²) in [6.07, 6.45) is 1.56. The summed E-state index contributed by atoms with van der Waals surface area (Å²) in [5.74, 6) is 1.23. The molecule has 0 fully saturated rings. The second-order valence-corrected chi connectivity index (χ2v) is 4.64. The topological polar surface area (TPSA) is 90.1 Å². The van der Waals surface area contributed by atoms with Crippen molar-refractivity contribution >= 4 is 5.91 Å². The molecule has 0 aliphatic heterocycles. The molecule has 0 atom stereocenters. The van der Waals surface area contributed by atoms with Crippen LogP contribution in [0.25, 0.3) is 11.4 Å². The van der Waals surface area contributed by atoms with Crippen molar-refractivity contribution in [3.8, 4) is 17.1 Å². The molecule has 7 nitrogen and oxygen atoms in total. The monoisotopic (exact) mass is 310 g/mol. The first kappa shape index (κ1) is 14.7. The van der Waals surface area contributed by atoms with Crippen LogP contribution in [0.15, 0.2) is 53.2 Å². The number of methoxy groups -OCH3 is 1. The Morgan fingerprint density at radius 1 is 1.22 bits per heavy atom. The number of nitrogens with zero attached hydrogens (tertiary/aromatic N) is 3. The van der Waals surface area contributed by atoms with Gasteiger partial charge < -0.3 is 14.6 Å². The Hall–Kier alpha value is -3.22. The van der Waals surface area contributed by atoms with Gasteiger partial charge in [0.25, 0.3) is 5.91 Å². The molecule has 0 bridgehead atoms. The average molecular weight is 310 g/mol. The van der Waals surface area contributed by atoms with Gasteiger partial charge in [-0.05, 0) is 36.4 Å². The van der Waals surface area contributed by atoms with Gasteiger partial charge >= 0.3 is 0 Å². The summed E-state index contributed by atoms with van der Waals surface area (Å²) >= 11 is 0. The third-order valence-electron chi connectivity index (χ3n) is 3.11. The summed E-state index contributed by atoms with van der Waals surface area (Å²) in [7, 11) is 1.60. The van der Waals surface area contributed by atoms with E-state index in [9.17, 15) is 4.79 Å². The van der Waals surface area contributed by atoms with Crippen LogP contribution in [-0.4, -0.2) is 28.1 Å². The molecule has 1 amide bonds. The summed E-state index contributed by atoms with van der Waals surface area (Å²) in [5.41, 5.74) is 1.14. The zero-order chi connectivity index (χ0) is 16.1. The second-order valence-electron chi connectivity index (χ2n) is 4.64. The number of pyridine rings is 1. The molecule has 3 aromatic rings. The Bertz CT molecular complexity index is 785. The van der Waals surface area contributed by atoms with Gasteiger partial charge in [0.05, 0.1) is 13.7 Å². The SMILES string of the molecule is COc1ccc(-c2noc(CNC(=O)c3ccccn3)n2)cc1. The number of carbonyl (C=O) groups is 1. The number of carbonyl (C=O) groups excluding carboxylic acids is 1. The van der Waals surface area contributed by atoms with E-state index in [2.05, 4.69) is 20.4 Å². The molecule has 116 valence electrons. The lowest BCUT2D eigenvalue weighted by atomic mass is 10.2. The van der Waals surface area contributed by atoms with Crippen LogP contribution in [0.2, 0.25) is 0 Å². The number of aromatic nitrogens is 3. The molecule has 1 N–H and O–H groups in total. The molecule has 7 heteroatoms. The summed E-state index contributed by atoms with van der Waals surface area (Å²) in [6.45, 7) is 0.137. The van der Waals surface area contributed by atoms with E-state index in [1.54, 1.807) is 31.5 Å². The summed E-state index contributed by atoms with van der Waals surface area (Å²) in [5, 5.41) is 6.58. The van der Waals surface area contributed by atoms with E-state index < -0.39 is 0 Å². The lowest BCUT2D eigenvalue weighted by molar-refractivity contribution is 0.0941. The van der Waals surface area contributed by atoms with E-state index in [1.807, 2.05) is 24.3 Å². The average Bonchev–Trinajstić information content (AvgIpc) is 3.09. The molecule has 0 aliphatic carbocycles. The van der Waals surface area contributed by atoms with Gasteiger partial charge in [-0.3, -0.25) is 9.78 Å². The van der Waals surface area contributed by atoms with Crippen molar-refractivity contribution in [2.75, 3.05) is 7.11 Å². The lowest BCUT2D eigenvalue weighted by Crippen LogP contribution is -2.23. The molecule has 0 saturated heterocycles. The Morgan fingerprint density at radius 2 is 2.04 bits per heavy atom. The number of ether oxygens (including phenoxy) is 1. The van der Waals surface area contributed by atoms with E-state index in [4.69, 9.17) is 9.26 Å². The largest absolute Gasteiger partial charge is 0.497 e. The number of benzene rings is 1. The lowest BCUT2D eigenvalue weighted by Gasteiger charge is -2.00. The number of amides is 1. The molecule has 0 aliphatic rings. The van der Waals surface area contributed by atoms with Gasteiger partial charge in [-0.2, -0.15) is 4.98 Å². The highest BCUT2D eigenvalue weighted by Gasteiger charge is 2.11. The van der Waals surface area contributed by atoms with Crippen LogP contribution >= 0.6 is 0 Å². The Kier molecular flexibility index (Phi) is 4.28. The minimum Gasteiger partial charge on any atom is -0.497 e. The number of hydrogen-bond donors (Lipinski definition) is 1. The molecule has 2 aromatic heterocycles. The highest BCUT2D eigenvalue weighted by Crippen LogP contribution is 2.19. The maximum atomic E-state index is 11.9. The smallest absolute Gasteiger partial charge is 0.270 e. The van der Waals surface area contributed by atoms with Gasteiger partial charge in [-0.1, -0.05) is 11.2 Å². The molecule has 2 heterocycles. The van der Waals surface area contributed by atoms with Crippen molar-refractivity contribution in [1.82, 2.24) is 20.4 Å². The highest BCUT2D eigenvalue weighted by atomic mass is 16.5. The first-order chi connectivity index (χ1) is 11.3. The molecular weight excluding hydrogens is 296 g/mol. The predicted molar refractivity (Wildman–Crippen MR) is 81.7 cm³/mol. The molecular formula is C16H14N4O3. The Balaban J connectivity index is 1.64. The first-order valence-corrected chi connectivity index (χ1v) is 6.92. The number of rotatable bonds is 5. The Labute approximate surface area is 132 Å². The molecule has 0 radical (unpaired) electrons. The van der Waals surface area contributed by atoms with Crippen LogP contribution in [0.5, 0.6) is 5.75 Å². The zero-order valence-electron chi connectivity index (χ0n) is 12.4. The fraction of sp³-hybridized carbons (Fsp3) is 0.125. The molecule has 0 unspecified atom stereocenters. The fourth-order valence-electron chi connectivity index (χ4n) is 1.93. The van der Waals surface area contributed by atoms with Crippen molar-refractivity contribution in [2.24, 2.45) is 0 Å². The first-order valence-electron chi connectivity index (χ1n) is 6.92. The van der Waals surface area contributed by atoms with Crippen LogP contribution in [0.1, 0.15) is 16.4 Å².